The zero-order valence-electron chi connectivity index (χ0n) is 25.2. The first-order valence-corrected chi connectivity index (χ1v) is 15.1. The molecule has 3 aromatic carbocycles. The van der Waals surface area contributed by atoms with Crippen molar-refractivity contribution in [1.82, 2.24) is 0 Å². The molecule has 0 unspecified atom stereocenters. The molecule has 5 rings (SSSR count). The van der Waals surface area contributed by atoms with E-state index in [0.29, 0.717) is 6.61 Å². The van der Waals surface area contributed by atoms with Crippen molar-refractivity contribution in [2.75, 3.05) is 20.3 Å². The summed E-state index contributed by atoms with van der Waals surface area (Å²) in [6.45, 7) is 0.345. The van der Waals surface area contributed by atoms with Gasteiger partial charge in [0.05, 0.1) is 39.1 Å². The Morgan fingerprint density at radius 1 is 0.644 bits per heavy atom. The van der Waals surface area contributed by atoms with E-state index in [1.807, 2.05) is 91.0 Å². The molecule has 11 nitrogen and oxygen atoms in total. The Hall–Kier alpha value is -2.78. The van der Waals surface area contributed by atoms with Crippen LogP contribution in [-0.4, -0.2) is 97.0 Å². The van der Waals surface area contributed by atoms with Gasteiger partial charge in [0.25, 0.3) is 0 Å². The van der Waals surface area contributed by atoms with Gasteiger partial charge in [-0.2, -0.15) is 0 Å². The van der Waals surface area contributed by atoms with Crippen LogP contribution in [-0.2, 0) is 53.0 Å². The lowest BCUT2D eigenvalue weighted by molar-refractivity contribution is -0.355. The minimum absolute atomic E-state index is 0.0899. The predicted molar refractivity (Wildman–Crippen MR) is 162 cm³/mol. The van der Waals surface area contributed by atoms with E-state index < -0.39 is 68.0 Å². The molecule has 2 saturated heterocycles. The summed E-state index contributed by atoms with van der Waals surface area (Å²) in [5.41, 5.74) is 9.15. The first kappa shape index (κ1) is 33.6. The molecule has 5 N–H and O–H groups in total. The van der Waals surface area contributed by atoms with Crippen LogP contribution in [0.4, 0.5) is 0 Å². The molecule has 11 heteroatoms. The van der Waals surface area contributed by atoms with Crippen LogP contribution in [0.15, 0.2) is 91.0 Å². The van der Waals surface area contributed by atoms with E-state index in [9.17, 15) is 15.3 Å². The second-order valence-corrected chi connectivity index (χ2v) is 11.2. The summed E-state index contributed by atoms with van der Waals surface area (Å²) in [4.78, 5) is 0. The monoisotopic (exact) mass is 625 g/mol. The summed E-state index contributed by atoms with van der Waals surface area (Å²) in [5.74, 6) is 0. The molecule has 0 radical (unpaired) electrons. The van der Waals surface area contributed by atoms with E-state index in [0.717, 1.165) is 16.7 Å². The average Bonchev–Trinajstić information content (AvgIpc) is 3.08. The molecular weight excluding hydrogens is 582 g/mol. The van der Waals surface area contributed by atoms with Gasteiger partial charge in [-0.15, -0.1) is 0 Å². The average molecular weight is 626 g/mol. The maximum atomic E-state index is 10.7. The third-order valence-electron chi connectivity index (χ3n) is 8.01. The smallest absolute Gasteiger partial charge is 0.186 e. The number of rotatable bonds is 14. The number of ether oxygens (including phenoxy) is 7. The van der Waals surface area contributed by atoms with E-state index in [1.54, 1.807) is 0 Å². The number of hydrogen-bond donors (Lipinski definition) is 4. The molecule has 2 fully saturated rings. The lowest BCUT2D eigenvalue weighted by Gasteiger charge is -2.48. The molecule has 10 atom stereocenters. The molecular formula is C34H43NO10. The standard InChI is InChI=1S/C34H43NO10/c1-39-34-32(42-20-24-15-9-4-10-16-24)31(41-19-23-13-7-3-8-14-23)30(26(44-34)21-40-18-22-11-5-2-6-12-22)45-33-27(35)29(38)28(37)25(17-36)43-33/h2-16,25-34,36-38H,17-21,35H2,1H3/t25-,26-,27-,28-,29-,30-,31+,32-,33+,34+/m1/s1. The number of nitrogens with two attached hydrogens (primary N) is 1. The highest BCUT2D eigenvalue weighted by Gasteiger charge is 2.52. The number of aliphatic hydroxyl groups is 3. The topological polar surface area (TPSA) is 151 Å². The highest BCUT2D eigenvalue weighted by atomic mass is 16.7. The van der Waals surface area contributed by atoms with E-state index in [-0.39, 0.29) is 19.8 Å². The van der Waals surface area contributed by atoms with Gasteiger partial charge in [-0.3, -0.25) is 0 Å². The highest BCUT2D eigenvalue weighted by molar-refractivity contribution is 5.15. The zero-order valence-corrected chi connectivity index (χ0v) is 25.2. The molecule has 0 bridgehead atoms. The lowest BCUT2D eigenvalue weighted by atomic mass is 9.95. The van der Waals surface area contributed by atoms with E-state index in [1.165, 1.54) is 7.11 Å². The van der Waals surface area contributed by atoms with Gasteiger partial charge in [-0.1, -0.05) is 91.0 Å². The zero-order chi connectivity index (χ0) is 31.6. The van der Waals surface area contributed by atoms with E-state index in [2.05, 4.69) is 0 Å². The van der Waals surface area contributed by atoms with Crippen LogP contribution >= 0.6 is 0 Å². The number of methoxy groups -OCH3 is 1. The number of hydrogen-bond acceptors (Lipinski definition) is 11. The molecule has 244 valence electrons. The first-order chi connectivity index (χ1) is 22.0. The molecule has 3 aromatic rings. The Morgan fingerprint density at radius 2 is 1.16 bits per heavy atom. The molecule has 2 aliphatic rings. The quantitative estimate of drug-likeness (QED) is 0.208. The normalized spacial score (nSPS) is 31.9. The molecule has 0 spiro atoms. The van der Waals surface area contributed by atoms with Crippen molar-refractivity contribution in [2.45, 2.75) is 81.2 Å². The summed E-state index contributed by atoms with van der Waals surface area (Å²) < 4.78 is 43.6. The molecule has 0 amide bonds. The fourth-order valence-electron chi connectivity index (χ4n) is 5.51. The van der Waals surface area contributed by atoms with Gasteiger partial charge in [0.2, 0.25) is 0 Å². The van der Waals surface area contributed by atoms with Gasteiger partial charge < -0.3 is 54.2 Å². The fraction of sp³-hybridized carbons (Fsp3) is 0.471. The summed E-state index contributed by atoms with van der Waals surface area (Å²) in [7, 11) is 1.53. The Labute approximate surface area is 263 Å². The van der Waals surface area contributed by atoms with Crippen molar-refractivity contribution in [1.29, 1.82) is 0 Å². The molecule has 0 saturated carbocycles. The summed E-state index contributed by atoms with van der Waals surface area (Å²) in [6, 6.07) is 28.0. The number of benzene rings is 3. The highest BCUT2D eigenvalue weighted by Crippen LogP contribution is 2.33. The van der Waals surface area contributed by atoms with Gasteiger partial charge in [0.15, 0.2) is 12.6 Å². The van der Waals surface area contributed by atoms with Gasteiger partial charge in [0.1, 0.15) is 42.7 Å². The van der Waals surface area contributed by atoms with Crippen molar-refractivity contribution >= 4 is 0 Å². The Kier molecular flexibility index (Phi) is 12.4. The molecule has 2 aliphatic heterocycles. The second kappa shape index (κ2) is 16.7. The van der Waals surface area contributed by atoms with E-state index >= 15 is 0 Å². The minimum atomic E-state index is -1.40. The molecule has 0 aliphatic carbocycles. The van der Waals surface area contributed by atoms with Crippen LogP contribution in [0, 0.1) is 0 Å². The van der Waals surface area contributed by atoms with Crippen LogP contribution in [0.1, 0.15) is 16.7 Å². The number of aliphatic hydroxyl groups excluding tert-OH is 3. The largest absolute Gasteiger partial charge is 0.394 e. The van der Waals surface area contributed by atoms with Crippen LogP contribution in [0.5, 0.6) is 0 Å². The van der Waals surface area contributed by atoms with E-state index in [4.69, 9.17) is 38.9 Å². The SMILES string of the molecule is CO[C@H]1O[C@H](COCc2ccccc2)[C@@H](O[C@@H]2O[C@H](CO)[C@@H](O)[C@H](O)[C@H]2N)[C@H](OCc2ccccc2)[C@H]1OCc1ccccc1. The Balaban J connectivity index is 1.44. The van der Waals surface area contributed by atoms with Gasteiger partial charge in [-0.05, 0) is 16.7 Å². The summed E-state index contributed by atoms with van der Waals surface area (Å²) in [5, 5.41) is 30.9. The summed E-state index contributed by atoms with van der Waals surface area (Å²) >= 11 is 0. The van der Waals surface area contributed by atoms with Gasteiger partial charge in [-0.25, -0.2) is 0 Å². The lowest BCUT2D eigenvalue weighted by Crippen LogP contribution is -2.67. The van der Waals surface area contributed by atoms with Crippen molar-refractivity contribution in [3.63, 3.8) is 0 Å². The first-order valence-electron chi connectivity index (χ1n) is 15.1. The predicted octanol–water partition coefficient (Wildman–Crippen LogP) is 1.90. The van der Waals surface area contributed by atoms with Gasteiger partial charge in [0, 0.05) is 7.11 Å². The van der Waals surface area contributed by atoms with Crippen LogP contribution in [0.2, 0.25) is 0 Å². The van der Waals surface area contributed by atoms with Crippen molar-refractivity contribution < 1.29 is 48.5 Å². The van der Waals surface area contributed by atoms with Crippen LogP contribution in [0.25, 0.3) is 0 Å². The third-order valence-corrected chi connectivity index (χ3v) is 8.01. The van der Waals surface area contributed by atoms with Gasteiger partial charge >= 0.3 is 0 Å². The summed E-state index contributed by atoms with van der Waals surface area (Å²) in [6.07, 6.45) is -9.16. The Morgan fingerprint density at radius 3 is 1.69 bits per heavy atom. The Bertz CT molecular complexity index is 1250. The molecule has 2 heterocycles. The van der Waals surface area contributed by atoms with Crippen molar-refractivity contribution in [3.8, 4) is 0 Å². The third kappa shape index (κ3) is 8.73. The van der Waals surface area contributed by atoms with Crippen molar-refractivity contribution in [3.05, 3.63) is 108 Å². The van der Waals surface area contributed by atoms with Crippen LogP contribution in [0.3, 0.4) is 0 Å². The maximum Gasteiger partial charge on any atom is 0.186 e. The maximum absolute atomic E-state index is 10.7. The fourth-order valence-corrected chi connectivity index (χ4v) is 5.51. The molecule has 45 heavy (non-hydrogen) atoms. The molecule has 0 aromatic heterocycles. The van der Waals surface area contributed by atoms with Crippen LogP contribution < -0.4 is 5.73 Å². The van der Waals surface area contributed by atoms with Crippen molar-refractivity contribution in [2.24, 2.45) is 5.73 Å². The minimum Gasteiger partial charge on any atom is -0.394 e. The second-order valence-electron chi connectivity index (χ2n) is 11.2.